The Morgan fingerprint density at radius 2 is 1.79 bits per heavy atom. The highest BCUT2D eigenvalue weighted by Crippen LogP contribution is 2.22. The average molecular weight is 423 g/mol. The van der Waals surface area contributed by atoms with Gasteiger partial charge in [-0.2, -0.15) is 0 Å². The van der Waals surface area contributed by atoms with Crippen molar-refractivity contribution in [3.05, 3.63) is 65.7 Å². The van der Waals surface area contributed by atoms with Crippen LogP contribution >= 0.6 is 11.8 Å². The zero-order valence-corrected chi connectivity index (χ0v) is 16.9. The first-order chi connectivity index (χ1) is 13.4. The van der Waals surface area contributed by atoms with Crippen molar-refractivity contribution in [2.45, 2.75) is 22.3 Å². The third-order valence-electron chi connectivity index (χ3n) is 4.00. The number of nitrogens with one attached hydrogen (secondary N) is 1. The van der Waals surface area contributed by atoms with Crippen molar-refractivity contribution in [1.29, 1.82) is 0 Å². The zero-order chi connectivity index (χ0) is 20.1. The lowest BCUT2D eigenvalue weighted by Crippen LogP contribution is -2.24. The molecule has 0 saturated heterocycles. The van der Waals surface area contributed by atoms with Crippen LogP contribution in [0.3, 0.4) is 0 Å². The second-order valence-corrected chi connectivity index (χ2v) is 8.58. The molecular weight excluding hydrogens is 403 g/mol. The van der Waals surface area contributed by atoms with E-state index in [1.54, 1.807) is 18.7 Å². The van der Waals surface area contributed by atoms with Gasteiger partial charge in [-0.15, -0.1) is 10.2 Å². The van der Waals surface area contributed by atoms with E-state index in [2.05, 4.69) is 14.9 Å². The lowest BCUT2D eigenvalue weighted by atomic mass is 10.2. The molecule has 1 heterocycles. The standard InChI is InChI=1S/C18H19FN4O3S2/c1-23-17(11-20-28(24,25)16-9-5-14(19)6-10-16)21-22-18(23)27-12-13-3-7-15(26-2)8-4-13/h3-10,20H,11-12H2,1-2H3. The number of hydrogen-bond donors (Lipinski definition) is 1. The molecule has 0 aliphatic heterocycles. The van der Waals surface area contributed by atoms with Crippen LogP contribution in [0.1, 0.15) is 11.4 Å². The largest absolute Gasteiger partial charge is 0.497 e. The van der Waals surface area contributed by atoms with E-state index < -0.39 is 15.8 Å². The first-order valence-electron chi connectivity index (χ1n) is 8.28. The normalized spacial score (nSPS) is 11.5. The van der Waals surface area contributed by atoms with Gasteiger partial charge in [0.2, 0.25) is 10.0 Å². The van der Waals surface area contributed by atoms with Crippen LogP contribution < -0.4 is 9.46 Å². The molecule has 0 aliphatic rings. The van der Waals surface area contributed by atoms with Gasteiger partial charge < -0.3 is 9.30 Å². The molecule has 0 fully saturated rings. The van der Waals surface area contributed by atoms with Crippen molar-refractivity contribution in [1.82, 2.24) is 19.5 Å². The Morgan fingerprint density at radius 1 is 1.11 bits per heavy atom. The number of thioether (sulfide) groups is 1. The van der Waals surface area contributed by atoms with Crippen molar-refractivity contribution >= 4 is 21.8 Å². The highest BCUT2D eigenvalue weighted by atomic mass is 32.2. The third kappa shape index (κ3) is 4.89. The Morgan fingerprint density at radius 3 is 2.43 bits per heavy atom. The van der Waals surface area contributed by atoms with Crippen LogP contribution in [0.4, 0.5) is 4.39 Å². The van der Waals surface area contributed by atoms with E-state index in [0.29, 0.717) is 16.7 Å². The van der Waals surface area contributed by atoms with Crippen molar-refractivity contribution in [2.24, 2.45) is 7.05 Å². The molecule has 3 aromatic rings. The molecule has 10 heteroatoms. The summed E-state index contributed by atoms with van der Waals surface area (Å²) < 4.78 is 46.9. The Labute approximate surface area is 167 Å². The smallest absolute Gasteiger partial charge is 0.240 e. The van der Waals surface area contributed by atoms with E-state index in [1.165, 1.54) is 23.9 Å². The number of nitrogens with zero attached hydrogens (tertiary/aromatic N) is 3. The van der Waals surface area contributed by atoms with Crippen molar-refractivity contribution < 1.29 is 17.5 Å². The molecule has 0 aliphatic carbocycles. The summed E-state index contributed by atoms with van der Waals surface area (Å²) in [5.41, 5.74) is 1.10. The monoisotopic (exact) mass is 422 g/mol. The van der Waals surface area contributed by atoms with Gasteiger partial charge in [-0.3, -0.25) is 0 Å². The molecule has 7 nitrogen and oxygen atoms in total. The van der Waals surface area contributed by atoms with Gasteiger partial charge in [0, 0.05) is 12.8 Å². The lowest BCUT2D eigenvalue weighted by Gasteiger charge is -2.07. The van der Waals surface area contributed by atoms with Crippen molar-refractivity contribution in [3.63, 3.8) is 0 Å². The minimum atomic E-state index is -3.76. The number of ether oxygens (including phenoxy) is 1. The van der Waals surface area contributed by atoms with Crippen LogP contribution in [-0.4, -0.2) is 30.3 Å². The van der Waals surface area contributed by atoms with Gasteiger partial charge in [-0.05, 0) is 42.0 Å². The number of aromatic nitrogens is 3. The number of methoxy groups -OCH3 is 1. The van der Waals surface area contributed by atoms with E-state index in [4.69, 9.17) is 4.74 Å². The Kier molecular flexibility index (Phi) is 6.32. The van der Waals surface area contributed by atoms with Gasteiger partial charge in [0.15, 0.2) is 5.16 Å². The average Bonchev–Trinajstić information content (AvgIpc) is 3.05. The molecule has 0 radical (unpaired) electrons. The molecule has 0 bridgehead atoms. The number of benzene rings is 2. The fraction of sp³-hybridized carbons (Fsp3) is 0.222. The van der Waals surface area contributed by atoms with Gasteiger partial charge in [0.25, 0.3) is 0 Å². The minimum Gasteiger partial charge on any atom is -0.497 e. The fourth-order valence-corrected chi connectivity index (χ4v) is 4.22. The maximum Gasteiger partial charge on any atom is 0.240 e. The van der Waals surface area contributed by atoms with E-state index in [9.17, 15) is 12.8 Å². The van der Waals surface area contributed by atoms with Gasteiger partial charge in [-0.1, -0.05) is 23.9 Å². The first-order valence-corrected chi connectivity index (χ1v) is 10.7. The van der Waals surface area contributed by atoms with Crippen LogP contribution in [0.25, 0.3) is 0 Å². The summed E-state index contributed by atoms with van der Waals surface area (Å²) in [5.74, 6) is 1.47. The molecule has 148 valence electrons. The van der Waals surface area contributed by atoms with Gasteiger partial charge in [-0.25, -0.2) is 17.5 Å². The molecule has 0 unspecified atom stereocenters. The molecular formula is C18H19FN4O3S2. The molecule has 0 atom stereocenters. The van der Waals surface area contributed by atoms with Crippen LogP contribution in [0.5, 0.6) is 5.75 Å². The summed E-state index contributed by atoms with van der Waals surface area (Å²) in [6.45, 7) is -0.0215. The van der Waals surface area contributed by atoms with Gasteiger partial charge >= 0.3 is 0 Å². The summed E-state index contributed by atoms with van der Waals surface area (Å²) >= 11 is 1.50. The SMILES string of the molecule is COc1ccc(CSc2nnc(CNS(=O)(=O)c3ccc(F)cc3)n2C)cc1. The molecule has 1 aromatic heterocycles. The number of sulfonamides is 1. The third-order valence-corrected chi connectivity index (χ3v) is 6.50. The molecule has 1 N–H and O–H groups in total. The Balaban J connectivity index is 1.61. The second-order valence-electron chi connectivity index (χ2n) is 5.87. The maximum absolute atomic E-state index is 13.0. The summed E-state index contributed by atoms with van der Waals surface area (Å²) in [6.07, 6.45) is 0. The topological polar surface area (TPSA) is 86.1 Å². The second kappa shape index (κ2) is 8.72. The lowest BCUT2D eigenvalue weighted by molar-refractivity contribution is 0.414. The molecule has 2 aromatic carbocycles. The fourth-order valence-electron chi connectivity index (χ4n) is 2.35. The van der Waals surface area contributed by atoms with E-state index >= 15 is 0 Å². The molecule has 0 spiro atoms. The number of halogens is 1. The molecule has 0 amide bonds. The molecule has 0 saturated carbocycles. The van der Waals surface area contributed by atoms with Gasteiger partial charge in [0.1, 0.15) is 17.4 Å². The Hall–Kier alpha value is -2.43. The summed E-state index contributed by atoms with van der Waals surface area (Å²) in [6, 6.07) is 12.4. The van der Waals surface area contributed by atoms with E-state index in [1.807, 2.05) is 24.3 Å². The maximum atomic E-state index is 13.0. The summed E-state index contributed by atoms with van der Waals surface area (Å²) in [4.78, 5) is -0.00910. The van der Waals surface area contributed by atoms with Crippen LogP contribution in [-0.2, 0) is 29.4 Å². The highest BCUT2D eigenvalue weighted by molar-refractivity contribution is 7.98. The summed E-state index contributed by atoms with van der Waals surface area (Å²) in [7, 11) is -0.365. The van der Waals surface area contributed by atoms with Crippen LogP contribution in [0.2, 0.25) is 0 Å². The van der Waals surface area contributed by atoms with Gasteiger partial charge in [0.05, 0.1) is 18.6 Å². The van der Waals surface area contributed by atoms with Crippen LogP contribution in [0, 0.1) is 5.82 Å². The minimum absolute atomic E-state index is 0.00910. The highest BCUT2D eigenvalue weighted by Gasteiger charge is 2.16. The summed E-state index contributed by atoms with van der Waals surface area (Å²) in [5, 5.41) is 8.84. The molecule has 28 heavy (non-hydrogen) atoms. The first kappa shape index (κ1) is 20.3. The van der Waals surface area contributed by atoms with E-state index in [-0.39, 0.29) is 11.4 Å². The van der Waals surface area contributed by atoms with Crippen LogP contribution in [0.15, 0.2) is 58.6 Å². The number of rotatable bonds is 8. The quantitative estimate of drug-likeness (QED) is 0.562. The van der Waals surface area contributed by atoms with E-state index in [0.717, 1.165) is 23.4 Å². The predicted octanol–water partition coefficient (Wildman–Crippen LogP) is 2.73. The predicted molar refractivity (Wildman–Crippen MR) is 104 cm³/mol. The van der Waals surface area contributed by atoms with Crippen molar-refractivity contribution in [3.8, 4) is 5.75 Å². The molecule has 3 rings (SSSR count). The number of hydrogen-bond acceptors (Lipinski definition) is 6. The van der Waals surface area contributed by atoms with Crippen molar-refractivity contribution in [2.75, 3.05) is 7.11 Å². The zero-order valence-electron chi connectivity index (χ0n) is 15.3. The Bertz CT molecular complexity index is 1040.